The second-order valence-corrected chi connectivity index (χ2v) is 3.98. The van der Waals surface area contributed by atoms with Gasteiger partial charge in [-0.1, -0.05) is 22.9 Å². The van der Waals surface area contributed by atoms with Gasteiger partial charge in [-0.05, 0) is 18.2 Å². The zero-order valence-electron chi connectivity index (χ0n) is 8.68. The summed E-state index contributed by atoms with van der Waals surface area (Å²) >= 11 is 5.90. The molecule has 0 atom stereocenters. The Morgan fingerprint density at radius 3 is 3.00 bits per heavy atom. The van der Waals surface area contributed by atoms with Crippen LogP contribution in [0.25, 0.3) is 10.9 Å². The highest BCUT2D eigenvalue weighted by atomic mass is 35.5. The summed E-state index contributed by atoms with van der Waals surface area (Å²) in [6, 6.07) is 7.58. The fourth-order valence-corrected chi connectivity index (χ4v) is 1.74. The van der Waals surface area contributed by atoms with Crippen molar-refractivity contribution in [2.45, 2.75) is 0 Å². The molecule has 3 aromatic rings. The highest BCUT2D eigenvalue weighted by molar-refractivity contribution is 6.31. The van der Waals surface area contributed by atoms with E-state index in [9.17, 15) is 0 Å². The van der Waals surface area contributed by atoms with Gasteiger partial charge in [-0.2, -0.15) is 0 Å². The van der Waals surface area contributed by atoms with E-state index < -0.39 is 0 Å². The molecule has 84 valence electrons. The smallest absolute Gasteiger partial charge is 0.172 e. The number of H-pyrrole nitrogens is 1. The molecule has 2 heterocycles. The molecule has 0 amide bonds. The van der Waals surface area contributed by atoms with E-state index in [4.69, 9.17) is 11.6 Å². The summed E-state index contributed by atoms with van der Waals surface area (Å²) in [6.07, 6.45) is 3.40. The third-order valence-corrected chi connectivity index (χ3v) is 2.57. The third kappa shape index (κ3) is 2.05. The number of benzene rings is 1. The first-order valence-corrected chi connectivity index (χ1v) is 5.38. The van der Waals surface area contributed by atoms with Crippen LogP contribution in [-0.4, -0.2) is 20.4 Å². The van der Waals surface area contributed by atoms with Crippen LogP contribution in [0.1, 0.15) is 0 Å². The Bertz CT molecular complexity index is 650. The average Bonchev–Trinajstić information content (AvgIpc) is 2.82. The Balaban J connectivity index is 1.99. The molecule has 1 aromatic carbocycles. The zero-order valence-corrected chi connectivity index (χ0v) is 9.44. The van der Waals surface area contributed by atoms with E-state index in [1.165, 1.54) is 0 Å². The van der Waals surface area contributed by atoms with Crippen LogP contribution in [0.3, 0.4) is 0 Å². The van der Waals surface area contributed by atoms with Crippen molar-refractivity contribution in [3.05, 3.63) is 41.7 Å². The highest BCUT2D eigenvalue weighted by Gasteiger charge is 2.00. The Labute approximate surface area is 102 Å². The lowest BCUT2D eigenvalue weighted by atomic mass is 10.2. The standard InChI is InChI=1S/C11H8ClN5/c12-8-2-1-7-3-9(5-13-10(7)4-8)15-11-6-14-17-16-11/h1-6H,(H2,14,15,16,17). The van der Waals surface area contributed by atoms with Gasteiger partial charge in [0.25, 0.3) is 0 Å². The number of anilines is 2. The maximum absolute atomic E-state index is 5.90. The first kappa shape index (κ1) is 10.0. The number of aromatic amines is 1. The molecule has 0 spiro atoms. The summed E-state index contributed by atoms with van der Waals surface area (Å²) in [5.74, 6) is 0.653. The van der Waals surface area contributed by atoms with Gasteiger partial charge in [-0.15, -0.1) is 5.10 Å². The summed E-state index contributed by atoms with van der Waals surface area (Å²) in [4.78, 5) is 4.32. The summed E-state index contributed by atoms with van der Waals surface area (Å²) in [5.41, 5.74) is 1.72. The SMILES string of the molecule is Clc1ccc2cc(Nc3c[nH]nn3)cnc2c1. The number of rotatable bonds is 2. The number of fused-ring (bicyclic) bond motifs is 1. The molecule has 0 aliphatic rings. The van der Waals surface area contributed by atoms with E-state index in [2.05, 4.69) is 25.7 Å². The first-order valence-electron chi connectivity index (χ1n) is 5.00. The van der Waals surface area contributed by atoms with Crippen molar-refractivity contribution >= 4 is 34.0 Å². The topological polar surface area (TPSA) is 66.5 Å². The second-order valence-electron chi connectivity index (χ2n) is 3.54. The quantitative estimate of drug-likeness (QED) is 0.729. The van der Waals surface area contributed by atoms with E-state index in [1.54, 1.807) is 12.4 Å². The Kier molecular flexibility index (Phi) is 2.38. The average molecular weight is 246 g/mol. The van der Waals surface area contributed by atoms with Crippen molar-refractivity contribution in [3.63, 3.8) is 0 Å². The van der Waals surface area contributed by atoms with Crippen molar-refractivity contribution < 1.29 is 0 Å². The molecular weight excluding hydrogens is 238 g/mol. The summed E-state index contributed by atoms with van der Waals surface area (Å²) < 4.78 is 0. The number of nitrogens with one attached hydrogen (secondary N) is 2. The summed E-state index contributed by atoms with van der Waals surface area (Å²) in [6.45, 7) is 0. The fourth-order valence-electron chi connectivity index (χ4n) is 1.57. The molecule has 17 heavy (non-hydrogen) atoms. The van der Waals surface area contributed by atoms with Gasteiger partial charge >= 0.3 is 0 Å². The van der Waals surface area contributed by atoms with Gasteiger partial charge in [0.15, 0.2) is 5.82 Å². The van der Waals surface area contributed by atoms with Crippen LogP contribution >= 0.6 is 11.6 Å². The molecule has 3 rings (SSSR count). The lowest BCUT2D eigenvalue weighted by molar-refractivity contribution is 0.942. The van der Waals surface area contributed by atoms with Crippen LogP contribution in [0.2, 0.25) is 5.02 Å². The van der Waals surface area contributed by atoms with Crippen LogP contribution in [0.5, 0.6) is 0 Å². The lowest BCUT2D eigenvalue weighted by Crippen LogP contribution is -1.91. The minimum Gasteiger partial charge on any atom is -0.336 e. The van der Waals surface area contributed by atoms with Crippen molar-refractivity contribution in [3.8, 4) is 0 Å². The van der Waals surface area contributed by atoms with Crippen LogP contribution in [0.15, 0.2) is 36.7 Å². The molecule has 6 heteroatoms. The van der Waals surface area contributed by atoms with E-state index in [1.807, 2.05) is 24.3 Å². The molecule has 5 nitrogen and oxygen atoms in total. The number of aromatic nitrogens is 4. The minimum atomic E-state index is 0.653. The Morgan fingerprint density at radius 2 is 2.18 bits per heavy atom. The largest absolute Gasteiger partial charge is 0.336 e. The fraction of sp³-hybridized carbons (Fsp3) is 0. The van der Waals surface area contributed by atoms with E-state index >= 15 is 0 Å². The number of pyridine rings is 1. The predicted octanol–water partition coefficient (Wildman–Crippen LogP) is 2.75. The van der Waals surface area contributed by atoms with Crippen molar-refractivity contribution in [2.75, 3.05) is 5.32 Å². The van der Waals surface area contributed by atoms with Crippen LogP contribution in [-0.2, 0) is 0 Å². The summed E-state index contributed by atoms with van der Waals surface area (Å²) in [7, 11) is 0. The monoisotopic (exact) mass is 245 g/mol. The molecule has 0 fully saturated rings. The first-order chi connectivity index (χ1) is 8.31. The molecule has 0 radical (unpaired) electrons. The molecule has 2 N–H and O–H groups in total. The number of hydrogen-bond acceptors (Lipinski definition) is 4. The Morgan fingerprint density at radius 1 is 1.24 bits per heavy atom. The molecule has 0 saturated heterocycles. The van der Waals surface area contributed by atoms with Gasteiger partial charge in [-0.25, -0.2) is 0 Å². The lowest BCUT2D eigenvalue weighted by Gasteiger charge is -2.03. The molecule has 0 aliphatic heterocycles. The number of hydrogen-bond donors (Lipinski definition) is 2. The third-order valence-electron chi connectivity index (χ3n) is 2.34. The second kappa shape index (κ2) is 4.03. The van der Waals surface area contributed by atoms with Crippen molar-refractivity contribution in [1.82, 2.24) is 20.4 Å². The molecular formula is C11H8ClN5. The van der Waals surface area contributed by atoms with Crippen molar-refractivity contribution in [1.29, 1.82) is 0 Å². The van der Waals surface area contributed by atoms with E-state index in [0.29, 0.717) is 10.8 Å². The van der Waals surface area contributed by atoms with Crippen LogP contribution in [0, 0.1) is 0 Å². The molecule has 0 bridgehead atoms. The van der Waals surface area contributed by atoms with Gasteiger partial charge in [0.1, 0.15) is 0 Å². The maximum Gasteiger partial charge on any atom is 0.172 e. The van der Waals surface area contributed by atoms with Crippen molar-refractivity contribution in [2.24, 2.45) is 0 Å². The molecule has 0 saturated carbocycles. The molecule has 0 aliphatic carbocycles. The van der Waals surface area contributed by atoms with Gasteiger partial charge < -0.3 is 5.32 Å². The normalized spacial score (nSPS) is 10.6. The van der Waals surface area contributed by atoms with E-state index in [-0.39, 0.29) is 0 Å². The van der Waals surface area contributed by atoms with Crippen LogP contribution < -0.4 is 5.32 Å². The van der Waals surface area contributed by atoms with Gasteiger partial charge in [0.05, 0.1) is 23.6 Å². The van der Waals surface area contributed by atoms with Gasteiger partial charge in [0.2, 0.25) is 0 Å². The number of nitrogens with zero attached hydrogens (tertiary/aromatic N) is 3. The predicted molar refractivity (Wildman–Crippen MR) is 66.4 cm³/mol. The summed E-state index contributed by atoms with van der Waals surface area (Å²) in [5, 5.41) is 14.9. The Hall–Kier alpha value is -2.14. The van der Waals surface area contributed by atoms with E-state index in [0.717, 1.165) is 16.6 Å². The zero-order chi connectivity index (χ0) is 11.7. The highest BCUT2D eigenvalue weighted by Crippen LogP contribution is 2.21. The minimum absolute atomic E-state index is 0.653. The van der Waals surface area contributed by atoms with Crippen LogP contribution in [0.4, 0.5) is 11.5 Å². The molecule has 0 unspecified atom stereocenters. The number of halogens is 1. The van der Waals surface area contributed by atoms with Gasteiger partial charge in [-0.3, -0.25) is 10.1 Å². The van der Waals surface area contributed by atoms with Gasteiger partial charge in [0, 0.05) is 10.4 Å². The molecule has 2 aromatic heterocycles. The maximum atomic E-state index is 5.90.